The van der Waals surface area contributed by atoms with Gasteiger partial charge >= 0.3 is 0 Å². The van der Waals surface area contributed by atoms with E-state index >= 15 is 0 Å². The fraction of sp³-hybridized carbons (Fsp3) is 0.182. The van der Waals surface area contributed by atoms with Gasteiger partial charge in [-0.05, 0) is 54.8 Å². The molecule has 1 N–H and O–H groups in total. The Bertz CT molecular complexity index is 1080. The number of carbonyl (C=O) groups excluding carboxylic acids is 1. The molecule has 0 radical (unpaired) electrons. The number of nitrogens with one attached hydrogen (secondary N) is 1. The molecule has 1 aromatic heterocycles. The second kappa shape index (κ2) is 8.35. The van der Waals surface area contributed by atoms with E-state index in [1.54, 1.807) is 54.9 Å². The number of carbonyl (C=O) groups is 1. The van der Waals surface area contributed by atoms with E-state index in [2.05, 4.69) is 10.3 Å². The fourth-order valence-corrected chi connectivity index (χ4v) is 4.17. The second-order valence-electron chi connectivity index (χ2n) is 6.77. The molecule has 0 aliphatic rings. The van der Waals surface area contributed by atoms with Gasteiger partial charge in [-0.25, -0.2) is 8.42 Å². The summed E-state index contributed by atoms with van der Waals surface area (Å²) in [5, 5.41) is 2.86. The molecule has 1 amide bonds. The molecule has 0 fully saturated rings. The minimum absolute atomic E-state index is 0.154. The highest BCUT2D eigenvalue weighted by molar-refractivity contribution is 7.90. The van der Waals surface area contributed by atoms with E-state index in [0.717, 1.165) is 16.7 Å². The number of amides is 1. The summed E-state index contributed by atoms with van der Waals surface area (Å²) in [5.41, 5.74) is 3.74. The zero-order valence-electron chi connectivity index (χ0n) is 15.8. The minimum atomic E-state index is -3.48. The van der Waals surface area contributed by atoms with Gasteiger partial charge in [-0.15, -0.1) is 0 Å². The van der Waals surface area contributed by atoms with Gasteiger partial charge in [-0.3, -0.25) is 9.78 Å². The number of benzene rings is 2. The largest absolute Gasteiger partial charge is 0.348 e. The topological polar surface area (TPSA) is 76.1 Å². The Morgan fingerprint density at radius 1 is 1.00 bits per heavy atom. The van der Waals surface area contributed by atoms with Crippen LogP contribution in [0, 0.1) is 13.8 Å². The van der Waals surface area contributed by atoms with Gasteiger partial charge in [0.25, 0.3) is 5.91 Å². The maximum Gasteiger partial charge on any atom is 0.251 e. The highest BCUT2D eigenvalue weighted by atomic mass is 32.2. The van der Waals surface area contributed by atoms with Crippen molar-refractivity contribution in [1.29, 1.82) is 0 Å². The Labute approximate surface area is 165 Å². The Morgan fingerprint density at radius 3 is 2.43 bits per heavy atom. The summed E-state index contributed by atoms with van der Waals surface area (Å²) in [6, 6.07) is 15.6. The number of nitrogens with zero attached hydrogens (tertiary/aromatic N) is 1. The van der Waals surface area contributed by atoms with Crippen molar-refractivity contribution in [3.8, 4) is 0 Å². The SMILES string of the molecule is Cc1ccc(S(=O)(=O)Cc2ccc(C)c(C(=O)NCc3cccnc3)c2)cc1. The molecular formula is C22H22N2O3S. The van der Waals surface area contributed by atoms with E-state index in [1.807, 2.05) is 26.0 Å². The summed E-state index contributed by atoms with van der Waals surface area (Å²) in [6.07, 6.45) is 3.37. The number of aromatic nitrogens is 1. The first-order valence-corrected chi connectivity index (χ1v) is 10.6. The monoisotopic (exact) mass is 394 g/mol. The standard InChI is InChI=1S/C22H22N2O3S/c1-16-5-9-20(10-6-16)28(26,27)15-18-8-7-17(2)21(12-18)22(25)24-14-19-4-3-11-23-13-19/h3-13H,14-15H2,1-2H3,(H,24,25). The normalized spacial score (nSPS) is 11.2. The van der Waals surface area contributed by atoms with Crippen molar-refractivity contribution in [2.45, 2.75) is 31.0 Å². The van der Waals surface area contributed by atoms with Crippen molar-refractivity contribution >= 4 is 15.7 Å². The van der Waals surface area contributed by atoms with Crippen molar-refractivity contribution in [2.75, 3.05) is 0 Å². The number of rotatable bonds is 6. The Hall–Kier alpha value is -2.99. The van der Waals surface area contributed by atoms with Gasteiger partial charge in [0.1, 0.15) is 0 Å². The van der Waals surface area contributed by atoms with Crippen molar-refractivity contribution < 1.29 is 13.2 Å². The predicted octanol–water partition coefficient (Wildman–Crippen LogP) is 3.60. The first kappa shape index (κ1) is 19.8. The molecule has 2 aromatic carbocycles. The molecule has 0 aliphatic heterocycles. The molecule has 0 unspecified atom stereocenters. The molecule has 3 aromatic rings. The van der Waals surface area contributed by atoms with E-state index in [0.29, 0.717) is 17.7 Å². The highest BCUT2D eigenvalue weighted by Crippen LogP contribution is 2.19. The third-order valence-corrected chi connectivity index (χ3v) is 6.16. The van der Waals surface area contributed by atoms with Crippen LogP contribution in [0.5, 0.6) is 0 Å². The van der Waals surface area contributed by atoms with Crippen LogP contribution in [0.2, 0.25) is 0 Å². The molecule has 28 heavy (non-hydrogen) atoms. The van der Waals surface area contributed by atoms with Crippen molar-refractivity contribution in [2.24, 2.45) is 0 Å². The third-order valence-electron chi connectivity index (χ3n) is 4.46. The van der Waals surface area contributed by atoms with Crippen LogP contribution in [0.25, 0.3) is 0 Å². The summed E-state index contributed by atoms with van der Waals surface area (Å²) in [4.78, 5) is 16.9. The molecule has 3 rings (SSSR count). The molecular weight excluding hydrogens is 372 g/mol. The second-order valence-corrected chi connectivity index (χ2v) is 8.75. The predicted molar refractivity (Wildman–Crippen MR) is 109 cm³/mol. The van der Waals surface area contributed by atoms with Gasteiger partial charge in [0.05, 0.1) is 10.6 Å². The van der Waals surface area contributed by atoms with Crippen LogP contribution in [0.1, 0.15) is 32.6 Å². The molecule has 5 nitrogen and oxygen atoms in total. The molecule has 144 valence electrons. The first-order valence-electron chi connectivity index (χ1n) is 8.91. The molecule has 0 saturated carbocycles. The molecule has 0 atom stereocenters. The average Bonchev–Trinajstić information content (AvgIpc) is 2.68. The average molecular weight is 394 g/mol. The van der Waals surface area contributed by atoms with Gasteiger partial charge in [0.15, 0.2) is 9.84 Å². The summed E-state index contributed by atoms with van der Waals surface area (Å²) >= 11 is 0. The van der Waals surface area contributed by atoms with Crippen LogP contribution >= 0.6 is 0 Å². The molecule has 0 aliphatic carbocycles. The van der Waals surface area contributed by atoms with Crippen molar-refractivity contribution in [3.63, 3.8) is 0 Å². The molecule has 1 heterocycles. The number of pyridine rings is 1. The Kier molecular flexibility index (Phi) is 5.90. The summed E-state index contributed by atoms with van der Waals surface area (Å²) < 4.78 is 25.4. The van der Waals surface area contributed by atoms with Crippen LogP contribution in [0.15, 0.2) is 71.9 Å². The van der Waals surface area contributed by atoms with E-state index in [9.17, 15) is 13.2 Å². The van der Waals surface area contributed by atoms with Crippen molar-refractivity contribution in [1.82, 2.24) is 10.3 Å². The lowest BCUT2D eigenvalue weighted by Gasteiger charge is -2.11. The maximum atomic E-state index is 12.7. The molecule has 0 spiro atoms. The molecule has 0 bridgehead atoms. The van der Waals surface area contributed by atoms with Crippen LogP contribution in [-0.2, 0) is 22.1 Å². The smallest absolute Gasteiger partial charge is 0.251 e. The maximum absolute atomic E-state index is 12.7. The van der Waals surface area contributed by atoms with Gasteiger partial charge in [-0.2, -0.15) is 0 Å². The van der Waals surface area contributed by atoms with Gasteiger partial charge in [-0.1, -0.05) is 35.9 Å². The number of hydrogen-bond acceptors (Lipinski definition) is 4. The lowest BCUT2D eigenvalue weighted by molar-refractivity contribution is 0.0950. The Balaban J connectivity index is 1.77. The van der Waals surface area contributed by atoms with Crippen LogP contribution in [0.3, 0.4) is 0 Å². The lowest BCUT2D eigenvalue weighted by Crippen LogP contribution is -2.24. The molecule has 0 saturated heterocycles. The zero-order valence-corrected chi connectivity index (χ0v) is 16.7. The van der Waals surface area contributed by atoms with Crippen LogP contribution < -0.4 is 5.32 Å². The van der Waals surface area contributed by atoms with E-state index < -0.39 is 9.84 Å². The highest BCUT2D eigenvalue weighted by Gasteiger charge is 2.17. The number of hydrogen-bond donors (Lipinski definition) is 1. The van der Waals surface area contributed by atoms with Gasteiger partial charge < -0.3 is 5.32 Å². The third kappa shape index (κ3) is 4.84. The van der Waals surface area contributed by atoms with Crippen LogP contribution in [-0.4, -0.2) is 19.3 Å². The van der Waals surface area contributed by atoms with Gasteiger partial charge in [0.2, 0.25) is 0 Å². The molecule has 6 heteroatoms. The van der Waals surface area contributed by atoms with Crippen molar-refractivity contribution in [3.05, 3.63) is 94.8 Å². The summed E-state index contributed by atoms with van der Waals surface area (Å²) in [5.74, 6) is -0.393. The first-order chi connectivity index (χ1) is 13.3. The van der Waals surface area contributed by atoms with E-state index in [4.69, 9.17) is 0 Å². The minimum Gasteiger partial charge on any atom is -0.348 e. The van der Waals surface area contributed by atoms with E-state index in [-0.39, 0.29) is 16.6 Å². The Morgan fingerprint density at radius 2 is 1.75 bits per heavy atom. The number of sulfone groups is 1. The fourth-order valence-electron chi connectivity index (χ4n) is 2.83. The quantitative estimate of drug-likeness (QED) is 0.693. The lowest BCUT2D eigenvalue weighted by atomic mass is 10.0. The summed E-state index contributed by atoms with van der Waals surface area (Å²) in [6.45, 7) is 4.10. The number of aryl methyl sites for hydroxylation is 2. The van der Waals surface area contributed by atoms with Crippen LogP contribution in [0.4, 0.5) is 0 Å². The van der Waals surface area contributed by atoms with Gasteiger partial charge in [0, 0.05) is 24.5 Å². The van der Waals surface area contributed by atoms with E-state index in [1.165, 1.54) is 0 Å². The zero-order chi connectivity index (χ0) is 20.1. The summed E-state index contributed by atoms with van der Waals surface area (Å²) in [7, 11) is -3.48.